The summed E-state index contributed by atoms with van der Waals surface area (Å²) in [5.74, 6) is 0. The second kappa shape index (κ2) is 4.63. The zero-order chi connectivity index (χ0) is 11.4. The Hall–Kier alpha value is -2.08. The molecule has 2 rings (SSSR count). The monoisotopic (exact) mass is 221 g/mol. The number of benzene rings is 1. The molecule has 0 atom stereocenters. The second-order valence-corrected chi connectivity index (χ2v) is 3.16. The zero-order valence-corrected chi connectivity index (χ0v) is 8.43. The van der Waals surface area contributed by atoms with Gasteiger partial charge in [0.15, 0.2) is 0 Å². The van der Waals surface area contributed by atoms with E-state index in [4.69, 9.17) is 5.11 Å². The predicted molar refractivity (Wildman–Crippen MR) is 58.2 cm³/mol. The molecule has 0 radical (unpaired) electrons. The third kappa shape index (κ3) is 2.29. The number of aromatic nitrogens is 2. The summed E-state index contributed by atoms with van der Waals surface area (Å²) in [7, 11) is 0. The van der Waals surface area contributed by atoms with E-state index in [1.807, 2.05) is 6.07 Å². The van der Waals surface area contributed by atoms with Gasteiger partial charge in [-0.25, -0.2) is 4.79 Å². The van der Waals surface area contributed by atoms with Gasteiger partial charge in [0.2, 0.25) is 0 Å². The number of nitrogens with one attached hydrogen (secondary N) is 2. The molecule has 0 bridgehead atoms. The smallest absolute Gasteiger partial charge is 0.411 e. The highest BCUT2D eigenvalue weighted by atomic mass is 16.6. The van der Waals surface area contributed by atoms with Crippen molar-refractivity contribution in [3.63, 3.8) is 0 Å². The summed E-state index contributed by atoms with van der Waals surface area (Å²) in [6, 6.07) is 5.32. The standard InChI is InChI=1S/C10H11N3O3/c14-3-4-16-10(15)12-8-1-2-9-7(5-8)6-11-13-9/h1-2,5-6,14H,3-4H2,(H,11,13)(H,12,15). The summed E-state index contributed by atoms with van der Waals surface area (Å²) in [4.78, 5) is 11.2. The number of carbonyl (C=O) groups is 1. The first-order chi connectivity index (χ1) is 7.79. The Bertz CT molecular complexity index is 495. The Labute approximate surface area is 91.2 Å². The molecule has 0 unspecified atom stereocenters. The van der Waals surface area contributed by atoms with E-state index in [0.29, 0.717) is 5.69 Å². The lowest BCUT2D eigenvalue weighted by Gasteiger charge is -2.05. The number of hydrogen-bond acceptors (Lipinski definition) is 4. The number of ether oxygens (including phenoxy) is 1. The molecule has 0 fully saturated rings. The predicted octanol–water partition coefficient (Wildman–Crippen LogP) is 1.10. The highest BCUT2D eigenvalue weighted by molar-refractivity contribution is 5.89. The van der Waals surface area contributed by atoms with Crippen LogP contribution in [0.15, 0.2) is 24.4 Å². The summed E-state index contributed by atoms with van der Waals surface area (Å²) in [5.41, 5.74) is 1.52. The normalized spacial score (nSPS) is 10.3. The van der Waals surface area contributed by atoms with Crippen molar-refractivity contribution in [3.05, 3.63) is 24.4 Å². The molecule has 1 amide bonds. The Morgan fingerprint density at radius 3 is 3.25 bits per heavy atom. The SMILES string of the molecule is O=C(Nc1ccc2[nH]ncc2c1)OCCO. The number of carbonyl (C=O) groups excluding carboxylic acids is 1. The van der Waals surface area contributed by atoms with Crippen LogP contribution < -0.4 is 5.32 Å². The Kier molecular flexibility index (Phi) is 3.02. The van der Waals surface area contributed by atoms with Gasteiger partial charge in [-0.05, 0) is 18.2 Å². The van der Waals surface area contributed by atoms with Gasteiger partial charge in [-0.15, -0.1) is 0 Å². The van der Waals surface area contributed by atoms with E-state index in [2.05, 4.69) is 20.3 Å². The summed E-state index contributed by atoms with van der Waals surface area (Å²) in [5, 5.41) is 18.6. The topological polar surface area (TPSA) is 87.2 Å². The maximum atomic E-state index is 11.2. The lowest BCUT2D eigenvalue weighted by Crippen LogP contribution is -2.15. The molecule has 0 aliphatic rings. The molecule has 0 aliphatic carbocycles. The number of anilines is 1. The molecule has 6 heteroatoms. The van der Waals surface area contributed by atoms with E-state index in [1.54, 1.807) is 18.3 Å². The van der Waals surface area contributed by atoms with E-state index < -0.39 is 6.09 Å². The minimum absolute atomic E-state index is 0.0141. The number of hydrogen-bond donors (Lipinski definition) is 3. The number of aliphatic hydroxyl groups is 1. The van der Waals surface area contributed by atoms with Gasteiger partial charge in [-0.1, -0.05) is 0 Å². The zero-order valence-electron chi connectivity index (χ0n) is 8.43. The van der Waals surface area contributed by atoms with Gasteiger partial charge in [-0.3, -0.25) is 10.4 Å². The summed E-state index contributed by atoms with van der Waals surface area (Å²) in [6.07, 6.45) is 1.08. The van der Waals surface area contributed by atoms with E-state index in [0.717, 1.165) is 10.9 Å². The lowest BCUT2D eigenvalue weighted by molar-refractivity contribution is 0.131. The van der Waals surface area contributed by atoms with Crippen LogP contribution in [0.4, 0.5) is 10.5 Å². The van der Waals surface area contributed by atoms with Crippen molar-refractivity contribution < 1.29 is 14.6 Å². The average molecular weight is 221 g/mol. The van der Waals surface area contributed by atoms with Crippen LogP contribution in [-0.4, -0.2) is 34.6 Å². The Morgan fingerprint density at radius 1 is 1.56 bits per heavy atom. The van der Waals surface area contributed by atoms with Gasteiger partial charge in [-0.2, -0.15) is 5.10 Å². The van der Waals surface area contributed by atoms with Crippen molar-refractivity contribution in [2.24, 2.45) is 0 Å². The fourth-order valence-corrected chi connectivity index (χ4v) is 1.31. The van der Waals surface area contributed by atoms with Gasteiger partial charge in [0.25, 0.3) is 0 Å². The highest BCUT2D eigenvalue weighted by Crippen LogP contribution is 2.16. The minimum Gasteiger partial charge on any atom is -0.447 e. The number of aromatic amines is 1. The molecule has 0 aliphatic heterocycles. The van der Waals surface area contributed by atoms with Gasteiger partial charge in [0.1, 0.15) is 6.61 Å². The van der Waals surface area contributed by atoms with Crippen molar-refractivity contribution in [1.29, 1.82) is 0 Å². The quantitative estimate of drug-likeness (QED) is 0.724. The van der Waals surface area contributed by atoms with Gasteiger partial charge in [0, 0.05) is 11.1 Å². The molecule has 3 N–H and O–H groups in total. The molecule has 84 valence electrons. The van der Waals surface area contributed by atoms with Crippen molar-refractivity contribution in [3.8, 4) is 0 Å². The summed E-state index contributed by atoms with van der Waals surface area (Å²) >= 11 is 0. The number of fused-ring (bicyclic) bond motifs is 1. The van der Waals surface area contributed by atoms with E-state index in [9.17, 15) is 4.79 Å². The first kappa shape index (κ1) is 10.4. The maximum absolute atomic E-state index is 11.2. The third-order valence-corrected chi connectivity index (χ3v) is 2.01. The first-order valence-corrected chi connectivity index (χ1v) is 4.77. The number of rotatable bonds is 3. The molecule has 0 saturated carbocycles. The Balaban J connectivity index is 2.06. The molecule has 1 aromatic heterocycles. The summed E-state index contributed by atoms with van der Waals surface area (Å²) in [6.45, 7) is -0.200. The van der Waals surface area contributed by atoms with Crippen LogP contribution >= 0.6 is 0 Å². The van der Waals surface area contributed by atoms with E-state index in [1.165, 1.54) is 0 Å². The van der Waals surface area contributed by atoms with Crippen LogP contribution in [0.3, 0.4) is 0 Å². The van der Waals surface area contributed by atoms with Gasteiger partial charge < -0.3 is 9.84 Å². The van der Waals surface area contributed by atoms with Gasteiger partial charge >= 0.3 is 6.09 Å². The molecule has 1 heterocycles. The number of aliphatic hydroxyl groups excluding tert-OH is 1. The first-order valence-electron chi connectivity index (χ1n) is 4.77. The summed E-state index contributed by atoms with van der Waals surface area (Å²) < 4.78 is 4.67. The van der Waals surface area contributed by atoms with Crippen LogP contribution in [0.2, 0.25) is 0 Å². The van der Waals surface area contributed by atoms with Crippen LogP contribution in [0, 0.1) is 0 Å². The fourth-order valence-electron chi connectivity index (χ4n) is 1.31. The largest absolute Gasteiger partial charge is 0.447 e. The molecule has 1 aromatic carbocycles. The lowest BCUT2D eigenvalue weighted by atomic mass is 10.2. The van der Waals surface area contributed by atoms with E-state index >= 15 is 0 Å². The third-order valence-electron chi connectivity index (χ3n) is 2.01. The van der Waals surface area contributed by atoms with Crippen molar-refractivity contribution in [2.75, 3.05) is 18.5 Å². The molecule has 0 spiro atoms. The van der Waals surface area contributed by atoms with Crippen LogP contribution in [0.25, 0.3) is 10.9 Å². The molecular weight excluding hydrogens is 210 g/mol. The second-order valence-electron chi connectivity index (χ2n) is 3.16. The van der Waals surface area contributed by atoms with Crippen LogP contribution in [0.5, 0.6) is 0 Å². The van der Waals surface area contributed by atoms with Crippen molar-refractivity contribution in [1.82, 2.24) is 10.2 Å². The van der Waals surface area contributed by atoms with E-state index in [-0.39, 0.29) is 13.2 Å². The van der Waals surface area contributed by atoms with Crippen molar-refractivity contribution in [2.45, 2.75) is 0 Å². The fraction of sp³-hybridized carbons (Fsp3) is 0.200. The van der Waals surface area contributed by atoms with Crippen LogP contribution in [-0.2, 0) is 4.74 Å². The number of H-pyrrole nitrogens is 1. The van der Waals surface area contributed by atoms with Gasteiger partial charge in [0.05, 0.1) is 18.3 Å². The molecule has 16 heavy (non-hydrogen) atoms. The molecule has 2 aromatic rings. The Morgan fingerprint density at radius 2 is 2.44 bits per heavy atom. The minimum atomic E-state index is -0.586. The average Bonchev–Trinajstić information content (AvgIpc) is 2.73. The van der Waals surface area contributed by atoms with Crippen molar-refractivity contribution >= 4 is 22.7 Å². The maximum Gasteiger partial charge on any atom is 0.411 e. The number of amides is 1. The molecular formula is C10H11N3O3. The highest BCUT2D eigenvalue weighted by Gasteiger charge is 2.03. The van der Waals surface area contributed by atoms with Crippen LogP contribution in [0.1, 0.15) is 0 Å². The molecule has 0 saturated heterocycles. The molecule has 6 nitrogen and oxygen atoms in total. The number of nitrogens with zero attached hydrogens (tertiary/aromatic N) is 1.